The first-order chi connectivity index (χ1) is 13.3. The van der Waals surface area contributed by atoms with E-state index < -0.39 is 23.9 Å². The van der Waals surface area contributed by atoms with Gasteiger partial charge in [0.25, 0.3) is 0 Å². The average molecular weight is 378 g/mol. The molecule has 1 saturated heterocycles. The molecule has 0 saturated carbocycles. The molecule has 2 amide bonds. The van der Waals surface area contributed by atoms with Gasteiger partial charge in [-0.25, -0.2) is 4.79 Å². The fourth-order valence-corrected chi connectivity index (χ4v) is 4.12. The SMILES string of the molecule is CC(C)(C)OC(=O)N1[C@@H]2c3ccccc3CCN2C(=O)[C@@H]1Cc1ccccc1. The Kier molecular flexibility index (Phi) is 4.61. The summed E-state index contributed by atoms with van der Waals surface area (Å²) in [5.74, 6) is -0.00536. The number of hydrogen-bond donors (Lipinski definition) is 0. The predicted octanol–water partition coefficient (Wildman–Crippen LogP) is 3.93. The predicted molar refractivity (Wildman–Crippen MR) is 107 cm³/mol. The van der Waals surface area contributed by atoms with Gasteiger partial charge in [0.2, 0.25) is 5.91 Å². The molecule has 146 valence electrons. The molecule has 1 fully saturated rings. The first-order valence-electron chi connectivity index (χ1n) is 9.79. The molecule has 2 aliphatic rings. The van der Waals surface area contributed by atoms with Crippen LogP contribution in [0.15, 0.2) is 54.6 Å². The summed E-state index contributed by atoms with van der Waals surface area (Å²) in [5.41, 5.74) is 2.61. The molecular weight excluding hydrogens is 352 g/mol. The van der Waals surface area contributed by atoms with E-state index in [-0.39, 0.29) is 5.91 Å². The third kappa shape index (κ3) is 3.37. The van der Waals surface area contributed by atoms with Gasteiger partial charge in [-0.3, -0.25) is 9.69 Å². The minimum Gasteiger partial charge on any atom is -0.444 e. The molecule has 5 nitrogen and oxygen atoms in total. The summed E-state index contributed by atoms with van der Waals surface area (Å²) in [7, 11) is 0. The van der Waals surface area contributed by atoms with Crippen LogP contribution in [0.4, 0.5) is 4.79 Å². The van der Waals surface area contributed by atoms with Crippen molar-refractivity contribution in [2.45, 2.75) is 51.4 Å². The first-order valence-corrected chi connectivity index (χ1v) is 9.79. The molecule has 2 heterocycles. The molecular formula is C23H26N2O3. The fourth-order valence-electron chi connectivity index (χ4n) is 4.12. The zero-order chi connectivity index (χ0) is 19.9. The molecule has 0 radical (unpaired) electrons. The molecule has 2 atom stereocenters. The minimum atomic E-state index is -0.626. The summed E-state index contributed by atoms with van der Waals surface area (Å²) >= 11 is 0. The van der Waals surface area contributed by atoms with Gasteiger partial charge in [-0.05, 0) is 43.9 Å². The highest BCUT2D eigenvalue weighted by Crippen LogP contribution is 2.41. The van der Waals surface area contributed by atoms with Crippen LogP contribution < -0.4 is 0 Å². The largest absolute Gasteiger partial charge is 0.444 e. The van der Waals surface area contributed by atoms with Crippen LogP contribution in [0.25, 0.3) is 0 Å². The summed E-state index contributed by atoms with van der Waals surface area (Å²) in [6.45, 7) is 6.16. The normalized spacial score (nSPS) is 21.3. The van der Waals surface area contributed by atoms with Gasteiger partial charge >= 0.3 is 6.09 Å². The van der Waals surface area contributed by atoms with Crippen molar-refractivity contribution < 1.29 is 14.3 Å². The van der Waals surface area contributed by atoms with Crippen LogP contribution in [0.1, 0.15) is 43.6 Å². The van der Waals surface area contributed by atoms with Gasteiger partial charge in [0.1, 0.15) is 17.8 Å². The maximum atomic E-state index is 13.3. The van der Waals surface area contributed by atoms with E-state index >= 15 is 0 Å². The van der Waals surface area contributed by atoms with Crippen LogP contribution in [-0.2, 0) is 22.4 Å². The number of rotatable bonds is 2. The Morgan fingerprint density at radius 3 is 2.46 bits per heavy atom. The maximum absolute atomic E-state index is 13.3. The summed E-state index contributed by atoms with van der Waals surface area (Å²) in [6.07, 6.45) is 0.444. The van der Waals surface area contributed by atoms with E-state index in [9.17, 15) is 9.59 Å². The summed E-state index contributed by atoms with van der Waals surface area (Å²) < 4.78 is 5.71. The Morgan fingerprint density at radius 2 is 1.75 bits per heavy atom. The zero-order valence-electron chi connectivity index (χ0n) is 16.6. The number of carbonyl (C=O) groups excluding carboxylic acids is 2. The smallest absolute Gasteiger partial charge is 0.412 e. The lowest BCUT2D eigenvalue weighted by molar-refractivity contribution is -0.130. The third-order valence-corrected chi connectivity index (χ3v) is 5.29. The zero-order valence-corrected chi connectivity index (χ0v) is 16.6. The first kappa shape index (κ1) is 18.5. The molecule has 28 heavy (non-hydrogen) atoms. The van der Waals surface area contributed by atoms with E-state index in [0.717, 1.165) is 17.5 Å². The number of nitrogens with zero attached hydrogens (tertiary/aromatic N) is 2. The van der Waals surface area contributed by atoms with Gasteiger partial charge < -0.3 is 9.64 Å². The maximum Gasteiger partial charge on any atom is 0.412 e. The lowest BCUT2D eigenvalue weighted by atomic mass is 9.97. The summed E-state index contributed by atoms with van der Waals surface area (Å²) in [5, 5.41) is 0. The Balaban J connectivity index is 1.75. The van der Waals surface area contributed by atoms with E-state index in [0.29, 0.717) is 13.0 Å². The topological polar surface area (TPSA) is 49.9 Å². The van der Waals surface area contributed by atoms with Gasteiger partial charge in [-0.15, -0.1) is 0 Å². The van der Waals surface area contributed by atoms with Crippen LogP contribution >= 0.6 is 0 Å². The van der Waals surface area contributed by atoms with E-state index in [1.807, 2.05) is 74.2 Å². The van der Waals surface area contributed by atoms with Crippen LogP contribution in [0.5, 0.6) is 0 Å². The van der Waals surface area contributed by atoms with Crippen molar-refractivity contribution in [1.82, 2.24) is 9.80 Å². The number of hydrogen-bond acceptors (Lipinski definition) is 3. The number of carbonyl (C=O) groups is 2. The standard InChI is InChI=1S/C23H26N2O3/c1-23(2,3)28-22(27)25-19(15-16-9-5-4-6-10-16)21(26)24-14-13-17-11-7-8-12-18(17)20(24)25/h4-12,19-20H,13-15H2,1-3H3/t19-,20+/m0/s1. The molecule has 0 bridgehead atoms. The molecule has 0 aromatic heterocycles. The lowest BCUT2D eigenvalue weighted by Gasteiger charge is -2.36. The van der Waals surface area contributed by atoms with Gasteiger partial charge in [-0.1, -0.05) is 54.6 Å². The molecule has 2 aromatic carbocycles. The number of amides is 2. The van der Waals surface area contributed by atoms with E-state index in [2.05, 4.69) is 6.07 Å². The van der Waals surface area contributed by atoms with E-state index in [1.54, 1.807) is 4.90 Å². The van der Waals surface area contributed by atoms with Crippen LogP contribution in [0.2, 0.25) is 0 Å². The van der Waals surface area contributed by atoms with Gasteiger partial charge in [-0.2, -0.15) is 0 Å². The second-order valence-electron chi connectivity index (χ2n) is 8.45. The van der Waals surface area contributed by atoms with E-state index in [4.69, 9.17) is 4.74 Å². The van der Waals surface area contributed by atoms with Crippen molar-refractivity contribution in [3.8, 4) is 0 Å². The van der Waals surface area contributed by atoms with Crippen molar-refractivity contribution in [2.24, 2.45) is 0 Å². The molecule has 2 aliphatic heterocycles. The second kappa shape index (κ2) is 6.97. The molecule has 0 N–H and O–H groups in total. The highest BCUT2D eigenvalue weighted by Gasteiger charge is 2.51. The fraction of sp³-hybridized carbons (Fsp3) is 0.391. The van der Waals surface area contributed by atoms with Crippen molar-refractivity contribution >= 4 is 12.0 Å². The van der Waals surface area contributed by atoms with Gasteiger partial charge in [0.15, 0.2) is 0 Å². The average Bonchev–Trinajstić information content (AvgIpc) is 2.94. The minimum absolute atomic E-state index is 0.00536. The third-order valence-electron chi connectivity index (χ3n) is 5.29. The van der Waals surface area contributed by atoms with Gasteiger partial charge in [0.05, 0.1) is 0 Å². The molecule has 0 spiro atoms. The molecule has 0 unspecified atom stereocenters. The number of benzene rings is 2. The van der Waals surface area contributed by atoms with Gasteiger partial charge in [0, 0.05) is 13.0 Å². The monoisotopic (exact) mass is 378 g/mol. The Bertz CT molecular complexity index is 888. The summed E-state index contributed by atoms with van der Waals surface area (Å²) in [4.78, 5) is 30.0. The number of ether oxygens (including phenoxy) is 1. The van der Waals surface area contributed by atoms with Crippen molar-refractivity contribution in [1.29, 1.82) is 0 Å². The van der Waals surface area contributed by atoms with E-state index in [1.165, 1.54) is 5.56 Å². The van der Waals surface area contributed by atoms with Crippen molar-refractivity contribution in [3.63, 3.8) is 0 Å². The molecule has 2 aromatic rings. The van der Waals surface area contributed by atoms with Crippen LogP contribution in [0, 0.1) is 0 Å². The highest BCUT2D eigenvalue weighted by molar-refractivity contribution is 5.90. The molecule has 0 aliphatic carbocycles. The molecule has 4 rings (SSSR count). The highest BCUT2D eigenvalue weighted by atomic mass is 16.6. The van der Waals surface area contributed by atoms with Crippen molar-refractivity contribution in [2.75, 3.05) is 6.54 Å². The number of fused-ring (bicyclic) bond motifs is 3. The Hall–Kier alpha value is -2.82. The Morgan fingerprint density at radius 1 is 1.07 bits per heavy atom. The van der Waals surface area contributed by atoms with Crippen LogP contribution in [0.3, 0.4) is 0 Å². The summed E-state index contributed by atoms with van der Waals surface area (Å²) in [6, 6.07) is 17.3. The molecule has 5 heteroatoms. The lowest BCUT2D eigenvalue weighted by Crippen LogP contribution is -2.44. The second-order valence-corrected chi connectivity index (χ2v) is 8.45. The van der Waals surface area contributed by atoms with Crippen molar-refractivity contribution in [3.05, 3.63) is 71.3 Å². The van der Waals surface area contributed by atoms with Crippen LogP contribution in [-0.4, -0.2) is 40.0 Å². The quantitative estimate of drug-likeness (QED) is 0.796. The Labute approximate surface area is 165 Å².